The van der Waals surface area contributed by atoms with E-state index in [0.717, 1.165) is 24.8 Å². The Bertz CT molecular complexity index is 450. The van der Waals surface area contributed by atoms with Gasteiger partial charge in [0.2, 0.25) is 0 Å². The largest absolute Gasteiger partial charge is 0.298 e. The molecule has 16 heavy (non-hydrogen) atoms. The summed E-state index contributed by atoms with van der Waals surface area (Å²) in [6, 6.07) is 8.13. The van der Waals surface area contributed by atoms with Crippen LogP contribution in [-0.2, 0) is 4.79 Å². The summed E-state index contributed by atoms with van der Waals surface area (Å²) in [5, 5.41) is 0.0694. The van der Waals surface area contributed by atoms with E-state index in [-0.39, 0.29) is 5.25 Å². The lowest BCUT2D eigenvalue weighted by molar-refractivity contribution is -0.116. The first-order valence-electron chi connectivity index (χ1n) is 5.26. The third kappa shape index (κ3) is 2.83. The Kier molecular flexibility index (Phi) is 3.96. The van der Waals surface area contributed by atoms with Crippen molar-refractivity contribution in [3.05, 3.63) is 29.8 Å². The monoisotopic (exact) mass is 251 g/mol. The minimum atomic E-state index is 0.0694. The maximum Gasteiger partial charge on any atom is 0.145 e. The van der Waals surface area contributed by atoms with Crippen LogP contribution in [0.25, 0.3) is 10.2 Å². The van der Waals surface area contributed by atoms with Crippen molar-refractivity contribution in [3.63, 3.8) is 0 Å². The lowest BCUT2D eigenvalue weighted by Crippen LogP contribution is -2.02. The van der Waals surface area contributed by atoms with E-state index < -0.39 is 0 Å². The van der Waals surface area contributed by atoms with Crippen molar-refractivity contribution in [2.75, 3.05) is 0 Å². The van der Waals surface area contributed by atoms with Crippen LogP contribution in [0.1, 0.15) is 19.3 Å². The van der Waals surface area contributed by atoms with Gasteiger partial charge in [0.05, 0.1) is 21.0 Å². The molecule has 2 aromatic rings. The number of thiazole rings is 1. The number of hydrogen-bond acceptors (Lipinski definition) is 4. The molecule has 1 aliphatic carbocycles. The predicted molar refractivity (Wildman–Crippen MR) is 71.3 cm³/mol. The third-order valence-corrected chi connectivity index (χ3v) is 3.87. The fourth-order valence-corrected chi connectivity index (χ4v) is 2.59. The van der Waals surface area contributed by atoms with Gasteiger partial charge < -0.3 is 0 Å². The molecule has 1 aromatic carbocycles. The molecular weight excluding hydrogens is 238 g/mol. The molecule has 3 rings (SSSR count). The minimum Gasteiger partial charge on any atom is -0.298 e. The molecule has 0 aliphatic heterocycles. The summed E-state index contributed by atoms with van der Waals surface area (Å²) in [4.78, 5) is 14.6. The Morgan fingerprint density at radius 3 is 2.75 bits per heavy atom. The van der Waals surface area contributed by atoms with Crippen LogP contribution >= 0.6 is 24.0 Å². The number of rotatable bonds is 0. The Hall–Kier alpha value is -0.870. The molecule has 1 unspecified atom stereocenters. The first-order chi connectivity index (χ1) is 7.77. The van der Waals surface area contributed by atoms with Crippen molar-refractivity contribution in [3.8, 4) is 0 Å². The van der Waals surface area contributed by atoms with Gasteiger partial charge in [0.25, 0.3) is 0 Å². The average Bonchev–Trinajstić information content (AvgIpc) is 2.89. The molecule has 1 aliphatic rings. The van der Waals surface area contributed by atoms with Gasteiger partial charge >= 0.3 is 0 Å². The van der Waals surface area contributed by atoms with Crippen LogP contribution in [0.3, 0.4) is 0 Å². The smallest absolute Gasteiger partial charge is 0.145 e. The standard InChI is InChI=1S/C7H5NS.C5H8OS/c1-2-4-7-6(3-1)8-5-9-7;6-4-2-1-3-5(4)7/h1-5H;5,7H,1-3H2. The first kappa shape index (κ1) is 11.6. The molecule has 1 atom stereocenters. The van der Waals surface area contributed by atoms with E-state index in [2.05, 4.69) is 23.7 Å². The molecule has 0 N–H and O–H groups in total. The van der Waals surface area contributed by atoms with E-state index in [9.17, 15) is 4.79 Å². The molecule has 0 amide bonds. The molecular formula is C12H13NOS2. The van der Waals surface area contributed by atoms with Gasteiger partial charge in [-0.2, -0.15) is 12.6 Å². The first-order valence-corrected chi connectivity index (χ1v) is 6.66. The van der Waals surface area contributed by atoms with E-state index in [1.807, 2.05) is 23.7 Å². The second kappa shape index (κ2) is 5.46. The highest BCUT2D eigenvalue weighted by molar-refractivity contribution is 7.81. The van der Waals surface area contributed by atoms with Gasteiger partial charge in [-0.15, -0.1) is 11.3 Å². The lowest BCUT2D eigenvalue weighted by atomic mass is 10.3. The number of hydrogen-bond donors (Lipinski definition) is 1. The van der Waals surface area contributed by atoms with Crippen LogP contribution in [0.5, 0.6) is 0 Å². The van der Waals surface area contributed by atoms with Crippen molar-refractivity contribution in [2.24, 2.45) is 0 Å². The number of fused-ring (bicyclic) bond motifs is 1. The molecule has 1 saturated carbocycles. The van der Waals surface area contributed by atoms with Crippen LogP contribution in [0.15, 0.2) is 29.8 Å². The number of aromatic nitrogens is 1. The van der Waals surface area contributed by atoms with Gasteiger partial charge in [0, 0.05) is 6.42 Å². The second-order valence-electron chi connectivity index (χ2n) is 3.69. The molecule has 84 valence electrons. The Morgan fingerprint density at radius 2 is 2.19 bits per heavy atom. The van der Waals surface area contributed by atoms with E-state index >= 15 is 0 Å². The summed E-state index contributed by atoms with van der Waals surface area (Å²) in [5.41, 5.74) is 2.97. The summed E-state index contributed by atoms with van der Waals surface area (Å²) in [7, 11) is 0. The molecule has 1 fully saturated rings. The predicted octanol–water partition coefficient (Wildman–Crippen LogP) is 3.33. The van der Waals surface area contributed by atoms with Crippen LogP contribution in [-0.4, -0.2) is 16.0 Å². The number of Topliss-reactive ketones (excluding diaryl/α,β-unsaturated/α-hetero) is 1. The lowest BCUT2D eigenvalue weighted by Gasteiger charge is -1.90. The number of ketones is 1. The van der Waals surface area contributed by atoms with Crippen LogP contribution in [0.4, 0.5) is 0 Å². The summed E-state index contributed by atoms with van der Waals surface area (Å²) in [6.45, 7) is 0. The fourth-order valence-electron chi connectivity index (χ4n) is 1.60. The highest BCUT2D eigenvalue weighted by Crippen LogP contribution is 2.18. The zero-order chi connectivity index (χ0) is 11.4. The molecule has 0 radical (unpaired) electrons. The Morgan fingerprint density at radius 1 is 1.38 bits per heavy atom. The van der Waals surface area contributed by atoms with Gasteiger partial charge in [0.1, 0.15) is 5.78 Å². The fraction of sp³-hybridized carbons (Fsp3) is 0.333. The highest BCUT2D eigenvalue weighted by atomic mass is 32.1. The molecule has 0 bridgehead atoms. The molecule has 1 aromatic heterocycles. The van der Waals surface area contributed by atoms with Gasteiger partial charge in [-0.3, -0.25) is 4.79 Å². The number of benzene rings is 1. The SMILES string of the molecule is O=C1CCCC1S.c1ccc2scnc2c1. The zero-order valence-electron chi connectivity index (χ0n) is 8.80. The molecule has 2 nitrogen and oxygen atoms in total. The maximum absolute atomic E-state index is 10.5. The van der Waals surface area contributed by atoms with Crippen LogP contribution in [0, 0.1) is 0 Å². The number of carbonyl (C=O) groups is 1. The molecule has 4 heteroatoms. The summed E-state index contributed by atoms with van der Waals surface area (Å²) in [6.07, 6.45) is 2.79. The number of thiol groups is 1. The van der Waals surface area contributed by atoms with Crippen molar-refractivity contribution in [2.45, 2.75) is 24.5 Å². The van der Waals surface area contributed by atoms with Crippen LogP contribution in [0.2, 0.25) is 0 Å². The van der Waals surface area contributed by atoms with Gasteiger partial charge in [-0.25, -0.2) is 4.98 Å². The molecule has 0 spiro atoms. The van der Waals surface area contributed by atoms with Crippen molar-refractivity contribution in [1.82, 2.24) is 4.98 Å². The zero-order valence-corrected chi connectivity index (χ0v) is 10.5. The molecule has 0 saturated heterocycles. The number of para-hydroxylation sites is 1. The van der Waals surface area contributed by atoms with Gasteiger partial charge in [-0.05, 0) is 25.0 Å². The molecule has 1 heterocycles. The van der Waals surface area contributed by atoms with E-state index in [0.29, 0.717) is 5.78 Å². The summed E-state index contributed by atoms with van der Waals surface area (Å²) < 4.78 is 1.26. The van der Waals surface area contributed by atoms with Crippen molar-refractivity contribution in [1.29, 1.82) is 0 Å². The third-order valence-electron chi connectivity index (χ3n) is 2.51. The topological polar surface area (TPSA) is 30.0 Å². The van der Waals surface area contributed by atoms with E-state index in [4.69, 9.17) is 0 Å². The van der Waals surface area contributed by atoms with Crippen molar-refractivity contribution >= 4 is 40.0 Å². The normalized spacial score (nSPS) is 19.6. The number of nitrogens with zero attached hydrogens (tertiary/aromatic N) is 1. The second-order valence-corrected chi connectivity index (χ2v) is 5.20. The summed E-state index contributed by atoms with van der Waals surface area (Å²) in [5.74, 6) is 0.323. The summed E-state index contributed by atoms with van der Waals surface area (Å²) >= 11 is 5.71. The quantitative estimate of drug-likeness (QED) is 0.728. The highest BCUT2D eigenvalue weighted by Gasteiger charge is 2.19. The minimum absolute atomic E-state index is 0.0694. The number of carbonyl (C=O) groups excluding carboxylic acids is 1. The maximum atomic E-state index is 10.5. The van der Waals surface area contributed by atoms with Gasteiger partial charge in [-0.1, -0.05) is 12.1 Å². The van der Waals surface area contributed by atoms with E-state index in [1.165, 1.54) is 4.70 Å². The Labute approximate surface area is 104 Å². The van der Waals surface area contributed by atoms with Crippen LogP contribution < -0.4 is 0 Å². The Balaban J connectivity index is 0.000000125. The average molecular weight is 251 g/mol. The van der Waals surface area contributed by atoms with Gasteiger partial charge in [0.15, 0.2) is 0 Å². The van der Waals surface area contributed by atoms with Crippen molar-refractivity contribution < 1.29 is 4.79 Å². The van der Waals surface area contributed by atoms with E-state index in [1.54, 1.807) is 11.3 Å².